The van der Waals surface area contributed by atoms with E-state index in [1.807, 2.05) is 12.1 Å². The molecule has 0 amide bonds. The fourth-order valence-electron chi connectivity index (χ4n) is 2.18. The van der Waals surface area contributed by atoms with Gasteiger partial charge >= 0.3 is 0 Å². The van der Waals surface area contributed by atoms with Crippen molar-refractivity contribution in [1.82, 2.24) is 10.6 Å². The van der Waals surface area contributed by atoms with Crippen LogP contribution in [0.15, 0.2) is 44.6 Å². The van der Waals surface area contributed by atoms with Crippen molar-refractivity contribution < 1.29 is 9.15 Å². The molecule has 0 aliphatic carbocycles. The molecule has 0 bridgehead atoms. The lowest BCUT2D eigenvalue weighted by molar-refractivity contribution is 0.105. The van der Waals surface area contributed by atoms with Gasteiger partial charge in [-0.3, -0.25) is 4.99 Å². The van der Waals surface area contributed by atoms with Gasteiger partial charge in [-0.1, -0.05) is 6.92 Å². The second-order valence-electron chi connectivity index (χ2n) is 5.59. The molecule has 132 valence electrons. The third kappa shape index (κ3) is 6.76. The van der Waals surface area contributed by atoms with E-state index < -0.39 is 0 Å². The standard InChI is InChI=1S/C18H27N3O2S/c1-3-19-18(21-12-15(2)16-7-11-24-14-16)20-8-5-9-22-13-17-6-4-10-23-17/h4,6-7,10-11,14-15H,3,5,8-9,12-13H2,1-2H3,(H2,19,20,21). The van der Waals surface area contributed by atoms with Crippen molar-refractivity contribution in [2.45, 2.75) is 32.8 Å². The van der Waals surface area contributed by atoms with Crippen LogP contribution in [0.25, 0.3) is 0 Å². The van der Waals surface area contributed by atoms with Crippen LogP contribution in [0, 0.1) is 0 Å². The number of thiophene rings is 1. The van der Waals surface area contributed by atoms with Gasteiger partial charge < -0.3 is 19.8 Å². The smallest absolute Gasteiger partial charge is 0.191 e. The predicted molar refractivity (Wildman–Crippen MR) is 99.7 cm³/mol. The van der Waals surface area contributed by atoms with Crippen LogP contribution < -0.4 is 10.6 Å². The lowest BCUT2D eigenvalue weighted by Crippen LogP contribution is -2.38. The monoisotopic (exact) mass is 349 g/mol. The number of nitrogens with one attached hydrogen (secondary N) is 2. The molecule has 0 saturated carbocycles. The molecule has 0 fully saturated rings. The van der Waals surface area contributed by atoms with Gasteiger partial charge in [-0.15, -0.1) is 0 Å². The Bertz CT molecular complexity index is 567. The zero-order chi connectivity index (χ0) is 17.0. The second kappa shape index (κ2) is 10.9. The minimum atomic E-state index is 0.434. The van der Waals surface area contributed by atoms with Crippen LogP contribution in [0.5, 0.6) is 0 Å². The van der Waals surface area contributed by atoms with Crippen molar-refractivity contribution in [3.05, 3.63) is 46.5 Å². The van der Waals surface area contributed by atoms with E-state index in [1.165, 1.54) is 5.56 Å². The van der Waals surface area contributed by atoms with E-state index in [9.17, 15) is 0 Å². The quantitative estimate of drug-likeness (QED) is 0.391. The maximum absolute atomic E-state index is 5.57. The van der Waals surface area contributed by atoms with Crippen molar-refractivity contribution in [1.29, 1.82) is 0 Å². The zero-order valence-electron chi connectivity index (χ0n) is 14.5. The topological polar surface area (TPSA) is 58.8 Å². The normalized spacial score (nSPS) is 13.0. The molecule has 2 N–H and O–H groups in total. The molecule has 0 aliphatic rings. The Balaban J connectivity index is 1.63. The molecule has 0 aliphatic heterocycles. The van der Waals surface area contributed by atoms with Crippen molar-refractivity contribution in [3.8, 4) is 0 Å². The van der Waals surface area contributed by atoms with E-state index >= 15 is 0 Å². The van der Waals surface area contributed by atoms with Gasteiger partial charge in [-0.25, -0.2) is 0 Å². The molecule has 2 aromatic heterocycles. The van der Waals surface area contributed by atoms with E-state index in [0.29, 0.717) is 19.1 Å². The van der Waals surface area contributed by atoms with Gasteiger partial charge in [0.15, 0.2) is 5.96 Å². The summed E-state index contributed by atoms with van der Waals surface area (Å²) in [4.78, 5) is 4.67. The van der Waals surface area contributed by atoms with E-state index in [0.717, 1.165) is 37.8 Å². The molecule has 5 nitrogen and oxygen atoms in total. The number of hydrogen-bond donors (Lipinski definition) is 2. The highest BCUT2D eigenvalue weighted by Crippen LogP contribution is 2.18. The Morgan fingerprint density at radius 1 is 1.38 bits per heavy atom. The first-order chi connectivity index (χ1) is 11.8. The lowest BCUT2D eigenvalue weighted by atomic mass is 10.1. The van der Waals surface area contributed by atoms with Gasteiger partial charge in [0, 0.05) is 32.2 Å². The largest absolute Gasteiger partial charge is 0.467 e. The summed E-state index contributed by atoms with van der Waals surface area (Å²) in [5.41, 5.74) is 1.35. The summed E-state index contributed by atoms with van der Waals surface area (Å²) in [5, 5.41) is 10.9. The van der Waals surface area contributed by atoms with Crippen LogP contribution in [0.2, 0.25) is 0 Å². The highest BCUT2D eigenvalue weighted by atomic mass is 32.1. The van der Waals surface area contributed by atoms with Crippen LogP contribution in [-0.2, 0) is 11.3 Å². The fraction of sp³-hybridized carbons (Fsp3) is 0.500. The fourth-order valence-corrected chi connectivity index (χ4v) is 2.96. The molecular formula is C18H27N3O2S. The Morgan fingerprint density at radius 3 is 3.00 bits per heavy atom. The van der Waals surface area contributed by atoms with Crippen LogP contribution >= 0.6 is 11.3 Å². The molecule has 6 heteroatoms. The van der Waals surface area contributed by atoms with Crippen molar-refractivity contribution >= 4 is 17.3 Å². The molecule has 0 aromatic carbocycles. The van der Waals surface area contributed by atoms with E-state index in [4.69, 9.17) is 9.15 Å². The minimum absolute atomic E-state index is 0.434. The second-order valence-corrected chi connectivity index (χ2v) is 6.37. The molecule has 2 aromatic rings. The SMILES string of the molecule is CCNC(=NCC(C)c1ccsc1)NCCCOCc1ccco1. The molecule has 1 atom stereocenters. The van der Waals surface area contributed by atoms with Gasteiger partial charge in [0.1, 0.15) is 12.4 Å². The number of nitrogens with zero attached hydrogens (tertiary/aromatic N) is 1. The summed E-state index contributed by atoms with van der Waals surface area (Å²) < 4.78 is 10.8. The summed E-state index contributed by atoms with van der Waals surface area (Å²) >= 11 is 1.73. The molecule has 0 radical (unpaired) electrons. The van der Waals surface area contributed by atoms with Crippen molar-refractivity contribution in [2.24, 2.45) is 4.99 Å². The van der Waals surface area contributed by atoms with Crippen molar-refractivity contribution in [2.75, 3.05) is 26.2 Å². The number of aliphatic imine (C=N–C) groups is 1. The maximum Gasteiger partial charge on any atom is 0.191 e. The van der Waals surface area contributed by atoms with Gasteiger partial charge in [-0.05, 0) is 47.9 Å². The van der Waals surface area contributed by atoms with Crippen molar-refractivity contribution in [3.63, 3.8) is 0 Å². The molecule has 2 heterocycles. The molecule has 0 spiro atoms. The number of furan rings is 1. The number of hydrogen-bond acceptors (Lipinski definition) is 4. The van der Waals surface area contributed by atoms with E-state index in [2.05, 4.69) is 46.3 Å². The van der Waals surface area contributed by atoms with Gasteiger partial charge in [0.25, 0.3) is 0 Å². The highest BCUT2D eigenvalue weighted by Gasteiger charge is 2.05. The molecule has 0 saturated heterocycles. The zero-order valence-corrected chi connectivity index (χ0v) is 15.3. The summed E-state index contributed by atoms with van der Waals surface area (Å²) in [6.07, 6.45) is 2.59. The van der Waals surface area contributed by atoms with Gasteiger partial charge in [0.2, 0.25) is 0 Å². The molecule has 2 rings (SSSR count). The summed E-state index contributed by atoms with van der Waals surface area (Å²) in [7, 11) is 0. The third-order valence-corrected chi connectivity index (χ3v) is 4.26. The number of ether oxygens (including phenoxy) is 1. The lowest BCUT2D eigenvalue weighted by Gasteiger charge is -2.13. The summed E-state index contributed by atoms with van der Waals surface area (Å²) in [6.45, 7) is 7.97. The minimum Gasteiger partial charge on any atom is -0.467 e. The Kier molecular flexibility index (Phi) is 8.41. The van der Waals surface area contributed by atoms with E-state index in [1.54, 1.807) is 17.6 Å². The first-order valence-corrected chi connectivity index (χ1v) is 9.38. The van der Waals surface area contributed by atoms with Crippen LogP contribution in [0.1, 0.15) is 37.5 Å². The summed E-state index contributed by atoms with van der Waals surface area (Å²) in [5.74, 6) is 2.16. The van der Waals surface area contributed by atoms with Crippen LogP contribution in [0.3, 0.4) is 0 Å². The third-order valence-electron chi connectivity index (χ3n) is 3.56. The average Bonchev–Trinajstić information content (AvgIpc) is 3.28. The Labute approximate surface area is 148 Å². The predicted octanol–water partition coefficient (Wildman–Crippen LogP) is 3.61. The molecule has 1 unspecified atom stereocenters. The van der Waals surface area contributed by atoms with Gasteiger partial charge in [0.05, 0.1) is 6.26 Å². The first kappa shape index (κ1) is 18.5. The van der Waals surface area contributed by atoms with Crippen LogP contribution in [-0.4, -0.2) is 32.2 Å². The number of guanidine groups is 1. The Morgan fingerprint density at radius 2 is 2.29 bits per heavy atom. The Hall–Kier alpha value is -1.79. The van der Waals surface area contributed by atoms with E-state index in [-0.39, 0.29) is 0 Å². The number of rotatable bonds is 10. The van der Waals surface area contributed by atoms with Gasteiger partial charge in [-0.2, -0.15) is 11.3 Å². The molecule has 24 heavy (non-hydrogen) atoms. The van der Waals surface area contributed by atoms with Crippen LogP contribution in [0.4, 0.5) is 0 Å². The summed E-state index contributed by atoms with van der Waals surface area (Å²) in [6, 6.07) is 5.96. The molecular weight excluding hydrogens is 322 g/mol. The first-order valence-electron chi connectivity index (χ1n) is 8.44. The maximum atomic E-state index is 5.57. The highest BCUT2D eigenvalue weighted by molar-refractivity contribution is 7.07. The average molecular weight is 350 g/mol.